The van der Waals surface area contributed by atoms with Gasteiger partial charge in [0.15, 0.2) is 0 Å². The Kier molecular flexibility index (Phi) is 9.05. The van der Waals surface area contributed by atoms with Crippen molar-refractivity contribution >= 4 is 23.5 Å². The zero-order valence-corrected chi connectivity index (χ0v) is 15.3. The molecular weight excluding hydrogens is 334 g/mol. The summed E-state index contributed by atoms with van der Waals surface area (Å²) in [4.78, 5) is 46.7. The molecule has 0 aliphatic rings. The molecule has 0 spiro atoms. The number of rotatable bonds is 11. The standard InChI is InChI=1S/C19H27N3O4/c1-3-15(23)9-10-16(19(20)26)22-18(25)12-11-17(24)21-13(2)14-7-5-4-6-8-14/h4-8,13,16H,3,9-12H2,1-2H3,(H2,20,26)(H,21,24)(H,22,25)/t13-,16+/m1/s1. The Hall–Kier alpha value is -2.70. The molecular formula is C19H27N3O4. The van der Waals surface area contributed by atoms with E-state index in [9.17, 15) is 19.2 Å². The van der Waals surface area contributed by atoms with Gasteiger partial charge in [-0.1, -0.05) is 37.3 Å². The van der Waals surface area contributed by atoms with E-state index < -0.39 is 17.9 Å². The summed E-state index contributed by atoms with van der Waals surface area (Å²) in [6.07, 6.45) is 0.672. The first-order valence-corrected chi connectivity index (χ1v) is 8.78. The van der Waals surface area contributed by atoms with E-state index in [2.05, 4.69) is 10.6 Å². The second-order valence-electron chi connectivity index (χ2n) is 6.15. The number of nitrogens with one attached hydrogen (secondary N) is 2. The molecule has 0 saturated heterocycles. The van der Waals surface area contributed by atoms with Gasteiger partial charge in [-0.3, -0.25) is 19.2 Å². The van der Waals surface area contributed by atoms with Crippen molar-refractivity contribution in [1.29, 1.82) is 0 Å². The Labute approximate surface area is 153 Å². The summed E-state index contributed by atoms with van der Waals surface area (Å²) in [7, 11) is 0. The van der Waals surface area contributed by atoms with Crippen molar-refractivity contribution in [2.75, 3.05) is 0 Å². The van der Waals surface area contributed by atoms with E-state index in [0.717, 1.165) is 5.56 Å². The van der Waals surface area contributed by atoms with Crippen LogP contribution in [0.2, 0.25) is 0 Å². The Bertz CT molecular complexity index is 631. The van der Waals surface area contributed by atoms with Crippen LogP contribution in [0.25, 0.3) is 0 Å². The van der Waals surface area contributed by atoms with Crippen molar-refractivity contribution < 1.29 is 19.2 Å². The molecule has 0 heterocycles. The topological polar surface area (TPSA) is 118 Å². The summed E-state index contributed by atoms with van der Waals surface area (Å²) in [5.41, 5.74) is 6.23. The molecule has 3 amide bonds. The van der Waals surface area contributed by atoms with Gasteiger partial charge in [0.2, 0.25) is 17.7 Å². The molecule has 0 fully saturated rings. The predicted molar refractivity (Wildman–Crippen MR) is 97.9 cm³/mol. The molecule has 1 rings (SSSR count). The number of primary amides is 1. The molecule has 4 N–H and O–H groups in total. The fraction of sp³-hybridized carbons (Fsp3) is 0.474. The minimum Gasteiger partial charge on any atom is -0.368 e. The summed E-state index contributed by atoms with van der Waals surface area (Å²) in [5, 5.41) is 5.31. The van der Waals surface area contributed by atoms with Crippen LogP contribution in [0.1, 0.15) is 57.6 Å². The van der Waals surface area contributed by atoms with Gasteiger partial charge < -0.3 is 16.4 Å². The summed E-state index contributed by atoms with van der Waals surface area (Å²) in [6, 6.07) is 8.43. The van der Waals surface area contributed by atoms with Gasteiger partial charge in [-0.15, -0.1) is 0 Å². The minimum atomic E-state index is -0.899. The van der Waals surface area contributed by atoms with E-state index in [1.54, 1.807) is 6.92 Å². The molecule has 0 saturated carbocycles. The summed E-state index contributed by atoms with van der Waals surface area (Å²) < 4.78 is 0. The third-order valence-electron chi connectivity index (χ3n) is 4.04. The zero-order chi connectivity index (χ0) is 19.5. The second kappa shape index (κ2) is 11.0. The number of nitrogens with two attached hydrogens (primary N) is 1. The first kappa shape index (κ1) is 21.3. The van der Waals surface area contributed by atoms with Crippen molar-refractivity contribution in [2.24, 2.45) is 5.73 Å². The van der Waals surface area contributed by atoms with Gasteiger partial charge in [0.05, 0.1) is 6.04 Å². The maximum absolute atomic E-state index is 12.0. The Morgan fingerprint density at radius 3 is 2.08 bits per heavy atom. The van der Waals surface area contributed by atoms with E-state index >= 15 is 0 Å². The van der Waals surface area contributed by atoms with Gasteiger partial charge in [0.1, 0.15) is 11.8 Å². The molecule has 142 valence electrons. The Morgan fingerprint density at radius 1 is 0.962 bits per heavy atom. The second-order valence-corrected chi connectivity index (χ2v) is 6.15. The van der Waals surface area contributed by atoms with Gasteiger partial charge in [0.25, 0.3) is 0 Å². The van der Waals surface area contributed by atoms with Crippen LogP contribution in [0.3, 0.4) is 0 Å². The van der Waals surface area contributed by atoms with Crippen molar-refractivity contribution in [3.05, 3.63) is 35.9 Å². The van der Waals surface area contributed by atoms with Gasteiger partial charge in [-0.2, -0.15) is 0 Å². The highest BCUT2D eigenvalue weighted by molar-refractivity contribution is 5.89. The van der Waals surface area contributed by atoms with Crippen LogP contribution in [0, 0.1) is 0 Å². The van der Waals surface area contributed by atoms with Crippen LogP contribution in [0.15, 0.2) is 30.3 Å². The molecule has 0 unspecified atom stereocenters. The molecule has 7 heteroatoms. The van der Waals surface area contributed by atoms with E-state index in [4.69, 9.17) is 5.73 Å². The first-order valence-electron chi connectivity index (χ1n) is 8.78. The number of hydrogen-bond acceptors (Lipinski definition) is 4. The summed E-state index contributed by atoms with van der Waals surface area (Å²) >= 11 is 0. The van der Waals surface area contributed by atoms with Crippen LogP contribution in [0.5, 0.6) is 0 Å². The van der Waals surface area contributed by atoms with E-state index in [0.29, 0.717) is 6.42 Å². The summed E-state index contributed by atoms with van der Waals surface area (Å²) in [5.74, 6) is -1.39. The monoisotopic (exact) mass is 361 g/mol. The highest BCUT2D eigenvalue weighted by Crippen LogP contribution is 2.11. The lowest BCUT2D eigenvalue weighted by Gasteiger charge is -2.16. The number of hydrogen-bond donors (Lipinski definition) is 3. The lowest BCUT2D eigenvalue weighted by atomic mass is 10.1. The van der Waals surface area contributed by atoms with Crippen LogP contribution in [-0.2, 0) is 19.2 Å². The van der Waals surface area contributed by atoms with E-state index in [1.807, 2.05) is 37.3 Å². The third kappa shape index (κ3) is 7.92. The van der Waals surface area contributed by atoms with Gasteiger partial charge in [-0.05, 0) is 18.9 Å². The molecule has 26 heavy (non-hydrogen) atoms. The van der Waals surface area contributed by atoms with Crippen LogP contribution >= 0.6 is 0 Å². The average molecular weight is 361 g/mol. The molecule has 0 radical (unpaired) electrons. The fourth-order valence-corrected chi connectivity index (χ4v) is 2.40. The highest BCUT2D eigenvalue weighted by Gasteiger charge is 2.19. The van der Waals surface area contributed by atoms with Gasteiger partial charge in [0, 0.05) is 25.7 Å². The van der Waals surface area contributed by atoms with Crippen molar-refractivity contribution in [3.63, 3.8) is 0 Å². The normalized spacial score (nSPS) is 12.7. The molecule has 0 bridgehead atoms. The number of benzene rings is 1. The van der Waals surface area contributed by atoms with Gasteiger partial charge >= 0.3 is 0 Å². The van der Waals surface area contributed by atoms with Crippen LogP contribution in [0.4, 0.5) is 0 Å². The van der Waals surface area contributed by atoms with Crippen molar-refractivity contribution in [1.82, 2.24) is 10.6 Å². The van der Waals surface area contributed by atoms with Crippen LogP contribution in [-0.4, -0.2) is 29.5 Å². The maximum Gasteiger partial charge on any atom is 0.240 e. The van der Waals surface area contributed by atoms with Gasteiger partial charge in [-0.25, -0.2) is 0 Å². The maximum atomic E-state index is 12.0. The quantitative estimate of drug-likeness (QED) is 0.551. The predicted octanol–water partition coefficient (Wildman–Crippen LogP) is 1.37. The van der Waals surface area contributed by atoms with Crippen LogP contribution < -0.4 is 16.4 Å². The minimum absolute atomic E-state index is 0.000207. The molecule has 1 aromatic rings. The molecule has 2 atom stereocenters. The molecule has 0 aliphatic heterocycles. The largest absolute Gasteiger partial charge is 0.368 e. The van der Waals surface area contributed by atoms with E-state index in [1.165, 1.54) is 0 Å². The number of ketones is 1. The van der Waals surface area contributed by atoms with Crippen molar-refractivity contribution in [3.8, 4) is 0 Å². The SMILES string of the molecule is CCC(=O)CC[C@H](NC(=O)CCC(=O)N[C@H](C)c1ccccc1)C(N)=O. The highest BCUT2D eigenvalue weighted by atomic mass is 16.2. The lowest BCUT2D eigenvalue weighted by molar-refractivity contribution is -0.129. The lowest BCUT2D eigenvalue weighted by Crippen LogP contribution is -2.44. The number of amides is 3. The Morgan fingerprint density at radius 2 is 1.54 bits per heavy atom. The number of carbonyl (C=O) groups is 4. The molecule has 1 aromatic carbocycles. The Balaban J connectivity index is 2.40. The zero-order valence-electron chi connectivity index (χ0n) is 15.3. The smallest absolute Gasteiger partial charge is 0.240 e. The first-order chi connectivity index (χ1) is 12.3. The summed E-state index contributed by atoms with van der Waals surface area (Å²) in [6.45, 7) is 3.59. The fourth-order valence-electron chi connectivity index (χ4n) is 2.40. The number of carbonyl (C=O) groups excluding carboxylic acids is 4. The van der Waals surface area contributed by atoms with E-state index in [-0.39, 0.29) is 43.4 Å². The molecule has 0 aliphatic carbocycles. The van der Waals surface area contributed by atoms with Crippen molar-refractivity contribution in [2.45, 2.75) is 58.0 Å². The molecule has 7 nitrogen and oxygen atoms in total. The number of Topliss-reactive ketones (excluding diaryl/α,β-unsaturated/α-hetero) is 1. The molecule has 0 aromatic heterocycles. The average Bonchev–Trinajstić information content (AvgIpc) is 2.63. The third-order valence-corrected chi connectivity index (χ3v) is 4.04.